The summed E-state index contributed by atoms with van der Waals surface area (Å²) in [6.45, 7) is 24.0. The minimum Gasteiger partial charge on any atom is -0.481 e. The van der Waals surface area contributed by atoms with Crippen molar-refractivity contribution in [2.75, 3.05) is 39.3 Å². The summed E-state index contributed by atoms with van der Waals surface area (Å²) in [5.41, 5.74) is 17.8. The lowest BCUT2D eigenvalue weighted by molar-refractivity contribution is -0.136. The highest BCUT2D eigenvalue weighted by Gasteiger charge is 2.27. The van der Waals surface area contributed by atoms with Crippen LogP contribution >= 0.6 is 0 Å². The maximum Gasteiger partial charge on any atom is 0.407 e. The fourth-order valence-electron chi connectivity index (χ4n) is 21.3. The molecule has 0 bridgehead atoms. The number of carboxylic acids is 1. The molecule has 0 aromatic heterocycles. The second-order valence-electron chi connectivity index (χ2n) is 43.0. The van der Waals surface area contributed by atoms with E-state index in [4.69, 9.17) is 18.9 Å². The standard InChI is InChI=1S/C128H130N6O12/c1-125(2,3)143-121(139)131-66-18-30-97-70-79(71-98(31-19-67-132-122(140)144-126(4,5)6)112(97)91-40-34-82(35-41-91)103-58-52-94-49-46-85-22-13-25-88-55-61-106(103)118(94)115(85)88)76-109(135)129-64-16-28-101-74-81(78-111(137)138)75-102(114(101)93-44-38-84(39-45-93)105-60-54-96-51-48-87-24-15-27-90-57-63-108(105)120(96)117(87)90)29-17-65-130-110(136)77-80-72-99(32-20-68-133-123(141)145-127(7,8)9)113(100(73-80)33-21-69-134-124(142)146-128(10,11)12)92-42-36-83(37-43-92)104-59-53-95-50-47-86-23-14-26-89-56-62-107(104)119(95)116(86)89/h13-15,22-27,34-63,70-75H,16-21,28-33,64-69,76-78H2,1-12H3,(H,129,135)(H,130,136)(H,131,139)(H,132,140)(H,133,141)(H,134,142)(H,137,138). The number of amides is 6. The molecule has 0 aliphatic carbocycles. The minimum absolute atomic E-state index is 0.0571. The summed E-state index contributed by atoms with van der Waals surface area (Å²) in [6, 6.07) is 97.8. The number of ether oxygens (including phenoxy) is 4. The number of alkyl carbamates (subject to hydrolysis) is 4. The Morgan fingerprint density at radius 1 is 0.233 bits per heavy atom. The predicted octanol–water partition coefficient (Wildman–Crippen LogP) is 28.4. The highest BCUT2D eigenvalue weighted by molar-refractivity contribution is 6.28. The quantitative estimate of drug-likeness (QED) is 0.0110. The van der Waals surface area contributed by atoms with Crippen molar-refractivity contribution in [1.29, 1.82) is 0 Å². The molecular weight excluding hydrogens is 1810 g/mol. The first-order valence-corrected chi connectivity index (χ1v) is 51.5. The molecule has 18 heteroatoms. The Bertz CT molecular complexity index is 7390. The fraction of sp³-hybridized carbons (Fsp3) is 0.289. The molecule has 0 unspecified atom stereocenters. The SMILES string of the molecule is CC(C)(C)OC(=O)NCCCc1cc(CC(=O)NCCCc2cc(CC(=O)O)cc(CCCNC(=O)Cc3cc(CCCNC(=O)OC(C)(C)C)c(-c4ccc(-c5ccc6ccc7cccc8ccc5c6c78)cc4)c(CCCNC(=O)OC(C)(C)C)c3)c2-c2ccc(-c3ccc4ccc5cccc6ccc3c4c56)cc2)cc(CCCNC(=O)OC(C)(C)C)c1-c1ccc(-c2ccc3ccc4cccc5ccc2c3c45)cc1. The summed E-state index contributed by atoms with van der Waals surface area (Å²) in [4.78, 5) is 95.2. The van der Waals surface area contributed by atoms with Gasteiger partial charge in [-0.05, 0) is 374 Å². The van der Waals surface area contributed by atoms with Crippen molar-refractivity contribution in [2.45, 2.75) is 202 Å². The Morgan fingerprint density at radius 3 is 0.658 bits per heavy atom. The first kappa shape index (κ1) is 101. The topological polar surface area (TPSA) is 249 Å². The first-order valence-electron chi connectivity index (χ1n) is 51.5. The van der Waals surface area contributed by atoms with Crippen LogP contribution in [0.2, 0.25) is 0 Å². The van der Waals surface area contributed by atoms with Crippen LogP contribution in [0, 0.1) is 0 Å². The van der Waals surface area contributed by atoms with E-state index in [1.54, 1.807) is 0 Å². The van der Waals surface area contributed by atoms with Gasteiger partial charge in [0.25, 0.3) is 0 Å². The van der Waals surface area contributed by atoms with Crippen LogP contribution < -0.4 is 31.9 Å². The zero-order valence-electron chi connectivity index (χ0n) is 85.8. The Hall–Kier alpha value is -15.4. The van der Waals surface area contributed by atoms with Crippen LogP contribution in [0.15, 0.2) is 273 Å². The van der Waals surface area contributed by atoms with Crippen molar-refractivity contribution in [3.8, 4) is 66.8 Å². The van der Waals surface area contributed by atoms with Crippen LogP contribution in [0.5, 0.6) is 0 Å². The van der Waals surface area contributed by atoms with E-state index in [1.807, 2.05) is 95.2 Å². The molecule has 0 heterocycles. The number of nitrogens with one attached hydrogen (secondary N) is 6. The molecule has 744 valence electrons. The van der Waals surface area contributed by atoms with Gasteiger partial charge in [0.1, 0.15) is 22.4 Å². The van der Waals surface area contributed by atoms with Crippen molar-refractivity contribution in [1.82, 2.24) is 31.9 Å². The largest absolute Gasteiger partial charge is 0.481 e. The summed E-state index contributed by atoms with van der Waals surface area (Å²) in [7, 11) is 0. The summed E-state index contributed by atoms with van der Waals surface area (Å²) < 4.78 is 22.6. The summed E-state index contributed by atoms with van der Waals surface area (Å²) in [5.74, 6) is -1.33. The van der Waals surface area contributed by atoms with E-state index in [2.05, 4.69) is 293 Å². The van der Waals surface area contributed by atoms with Crippen molar-refractivity contribution < 1.29 is 57.6 Å². The molecule has 0 fully saturated rings. The molecule has 18 rings (SSSR count). The molecule has 0 atom stereocenters. The Balaban J connectivity index is 0.630. The van der Waals surface area contributed by atoms with Crippen molar-refractivity contribution in [3.63, 3.8) is 0 Å². The second kappa shape index (κ2) is 43.2. The van der Waals surface area contributed by atoms with Gasteiger partial charge in [-0.3, -0.25) is 14.4 Å². The van der Waals surface area contributed by atoms with Gasteiger partial charge in [-0.2, -0.15) is 0 Å². The first-order chi connectivity index (χ1) is 70.1. The van der Waals surface area contributed by atoms with Gasteiger partial charge < -0.3 is 56.0 Å². The molecule has 0 spiro atoms. The van der Waals surface area contributed by atoms with Gasteiger partial charge in [0.15, 0.2) is 0 Å². The van der Waals surface area contributed by atoms with Gasteiger partial charge in [-0.15, -0.1) is 0 Å². The molecule has 0 aliphatic rings. The van der Waals surface area contributed by atoms with Gasteiger partial charge in [-0.1, -0.05) is 273 Å². The zero-order chi connectivity index (χ0) is 102. The summed E-state index contributed by atoms with van der Waals surface area (Å²) in [6.07, 6.45) is 4.29. The third-order valence-corrected chi connectivity index (χ3v) is 27.3. The number of carbonyl (C=O) groups is 7. The van der Waals surface area contributed by atoms with Gasteiger partial charge in [0.2, 0.25) is 11.8 Å². The molecular formula is C128H130N6O12. The van der Waals surface area contributed by atoms with Crippen molar-refractivity contribution in [3.05, 3.63) is 323 Å². The average molecular weight is 1940 g/mol. The number of aliphatic carboxylic acids is 1. The fourth-order valence-corrected chi connectivity index (χ4v) is 21.3. The molecule has 18 aromatic rings. The van der Waals surface area contributed by atoms with Crippen LogP contribution in [-0.2, 0) is 91.1 Å². The number of carboxylic acid groups (broad SMARTS) is 1. The van der Waals surface area contributed by atoms with Crippen molar-refractivity contribution >= 4 is 139 Å². The average Bonchev–Trinajstić information content (AvgIpc) is 0.740. The number of carbonyl (C=O) groups excluding carboxylic acids is 6. The molecule has 18 nitrogen and oxygen atoms in total. The monoisotopic (exact) mass is 1940 g/mol. The Labute approximate surface area is 854 Å². The summed E-state index contributed by atoms with van der Waals surface area (Å²) >= 11 is 0. The van der Waals surface area contributed by atoms with E-state index >= 15 is 0 Å². The van der Waals surface area contributed by atoms with Gasteiger partial charge in [-0.25, -0.2) is 19.2 Å². The van der Waals surface area contributed by atoms with E-state index in [9.17, 15) is 38.7 Å². The Morgan fingerprint density at radius 2 is 0.432 bits per heavy atom. The maximum absolute atomic E-state index is 14.9. The molecule has 0 saturated carbocycles. The lowest BCUT2D eigenvalue weighted by Crippen LogP contribution is -2.33. The van der Waals surface area contributed by atoms with E-state index < -0.39 is 52.7 Å². The predicted molar refractivity (Wildman–Crippen MR) is 595 cm³/mol. The number of hydrogen-bond acceptors (Lipinski definition) is 11. The van der Waals surface area contributed by atoms with Crippen LogP contribution in [0.4, 0.5) is 19.2 Å². The third-order valence-electron chi connectivity index (χ3n) is 27.3. The smallest absolute Gasteiger partial charge is 0.407 e. The highest BCUT2D eigenvalue weighted by Crippen LogP contribution is 2.46. The number of hydrogen-bond donors (Lipinski definition) is 7. The molecule has 18 aromatic carbocycles. The van der Waals surface area contributed by atoms with E-state index in [1.165, 1.54) is 91.6 Å². The van der Waals surface area contributed by atoms with Crippen LogP contribution in [-0.4, -0.2) is 109 Å². The van der Waals surface area contributed by atoms with Crippen molar-refractivity contribution in [2.24, 2.45) is 0 Å². The van der Waals surface area contributed by atoms with Gasteiger partial charge in [0.05, 0.1) is 19.3 Å². The second-order valence-corrected chi connectivity index (χ2v) is 43.0. The third kappa shape index (κ3) is 24.0. The zero-order valence-corrected chi connectivity index (χ0v) is 85.8. The van der Waals surface area contributed by atoms with E-state index in [-0.39, 0.29) is 31.1 Å². The molecule has 0 radical (unpaired) electrons. The molecule has 6 amide bonds. The minimum atomic E-state index is -0.974. The Kier molecular flexibility index (Phi) is 29.8. The van der Waals surface area contributed by atoms with Crippen LogP contribution in [0.1, 0.15) is 172 Å². The highest BCUT2D eigenvalue weighted by atomic mass is 16.6. The lowest BCUT2D eigenvalue weighted by Gasteiger charge is -2.21. The molecule has 0 saturated heterocycles. The van der Waals surface area contributed by atoms with E-state index in [0.717, 1.165) is 117 Å². The van der Waals surface area contributed by atoms with Crippen LogP contribution in [0.3, 0.4) is 0 Å². The summed E-state index contributed by atoms with van der Waals surface area (Å²) in [5, 5.41) is 50.7. The number of rotatable bonds is 36. The van der Waals surface area contributed by atoms with Gasteiger partial charge in [0, 0.05) is 39.3 Å². The van der Waals surface area contributed by atoms with E-state index in [0.29, 0.717) is 122 Å². The normalized spacial score (nSPS) is 12.1. The maximum atomic E-state index is 14.9. The lowest BCUT2D eigenvalue weighted by atomic mass is 9.86. The number of aryl methyl sites for hydroxylation is 6. The molecule has 146 heavy (non-hydrogen) atoms. The molecule has 0 aliphatic heterocycles. The van der Waals surface area contributed by atoms with Gasteiger partial charge >= 0.3 is 30.3 Å². The molecule has 7 N–H and O–H groups in total. The van der Waals surface area contributed by atoms with Crippen LogP contribution in [0.25, 0.3) is 164 Å². The number of benzene rings is 18.